The molecule has 1 rings (SSSR count). The summed E-state index contributed by atoms with van der Waals surface area (Å²) in [6.45, 7) is 0. The molecule has 0 aromatic carbocycles. The van der Waals surface area contributed by atoms with Crippen molar-refractivity contribution in [2.45, 2.75) is 0 Å². The molecule has 0 bridgehead atoms. The molecule has 0 fully saturated rings. The summed E-state index contributed by atoms with van der Waals surface area (Å²) >= 11 is 0. The molecule has 1 aromatic heterocycles. The predicted molar refractivity (Wildman–Crippen MR) is 36.0 cm³/mol. The van der Waals surface area contributed by atoms with Crippen LogP contribution >= 0.6 is 0 Å². The van der Waals surface area contributed by atoms with Gasteiger partial charge < -0.3 is 4.90 Å². The van der Waals surface area contributed by atoms with Crippen molar-refractivity contribution in [3.05, 3.63) is 0 Å². The molecule has 0 spiro atoms. The molecule has 0 saturated carbocycles. The predicted octanol–water partition coefficient (Wildman–Crippen LogP) is -0.579. The van der Waals surface area contributed by atoms with Gasteiger partial charge in [0.2, 0.25) is 0 Å². The van der Waals surface area contributed by atoms with Crippen molar-refractivity contribution in [2.24, 2.45) is 4.99 Å². The van der Waals surface area contributed by atoms with Crippen LogP contribution in [0.1, 0.15) is 0 Å². The van der Waals surface area contributed by atoms with Gasteiger partial charge in [-0.2, -0.15) is 10.2 Å². The molecule has 0 unspecified atom stereocenters. The van der Waals surface area contributed by atoms with Crippen molar-refractivity contribution >= 4 is 12.3 Å². The van der Waals surface area contributed by atoms with Crippen LogP contribution in [0.15, 0.2) is 4.99 Å². The molecule has 0 aliphatic carbocycles. The molecule has 0 aliphatic rings. The first kappa shape index (κ1) is 6.66. The van der Waals surface area contributed by atoms with Gasteiger partial charge in [0.15, 0.2) is 0 Å². The van der Waals surface area contributed by atoms with Gasteiger partial charge in [-0.3, -0.25) is 0 Å². The Bertz CT molecular complexity index is 200. The average molecular weight is 140 g/mol. The molecule has 0 saturated heterocycles. The standard InChI is InChI=1S/C4H8N6/c1-10(2)3-5-4-6-8-9-7-4/h3H,1-2H3,(H,6,7,8,9)/b5-3-. The van der Waals surface area contributed by atoms with Crippen LogP contribution in [0, 0.1) is 0 Å². The summed E-state index contributed by atoms with van der Waals surface area (Å²) in [5.41, 5.74) is 0. The molecule has 1 aromatic rings. The second kappa shape index (κ2) is 2.90. The van der Waals surface area contributed by atoms with Crippen molar-refractivity contribution in [1.29, 1.82) is 0 Å². The van der Waals surface area contributed by atoms with E-state index in [9.17, 15) is 0 Å². The Hall–Kier alpha value is -1.46. The van der Waals surface area contributed by atoms with E-state index in [0.29, 0.717) is 5.95 Å². The van der Waals surface area contributed by atoms with Crippen LogP contribution in [-0.2, 0) is 0 Å². The van der Waals surface area contributed by atoms with Gasteiger partial charge in [0, 0.05) is 14.1 Å². The lowest BCUT2D eigenvalue weighted by atomic mass is 10.9. The molecule has 1 heterocycles. The van der Waals surface area contributed by atoms with Gasteiger partial charge in [0.05, 0.1) is 6.34 Å². The van der Waals surface area contributed by atoms with Crippen LogP contribution in [0.4, 0.5) is 5.95 Å². The monoisotopic (exact) mass is 140 g/mol. The third-order valence-electron chi connectivity index (χ3n) is 0.738. The topological polar surface area (TPSA) is 70.1 Å². The van der Waals surface area contributed by atoms with Crippen LogP contribution in [-0.4, -0.2) is 46.0 Å². The minimum atomic E-state index is 0.341. The Morgan fingerprint density at radius 1 is 1.60 bits per heavy atom. The molecule has 6 nitrogen and oxygen atoms in total. The minimum absolute atomic E-state index is 0.341. The highest BCUT2D eigenvalue weighted by atomic mass is 15.5. The van der Waals surface area contributed by atoms with Gasteiger partial charge in [-0.1, -0.05) is 5.10 Å². The van der Waals surface area contributed by atoms with Gasteiger partial charge in [-0.05, 0) is 5.21 Å². The number of tetrazole rings is 1. The summed E-state index contributed by atoms with van der Waals surface area (Å²) < 4.78 is 0. The van der Waals surface area contributed by atoms with E-state index < -0.39 is 0 Å². The number of rotatable bonds is 2. The molecule has 1 N–H and O–H groups in total. The smallest absolute Gasteiger partial charge is 0.290 e. The minimum Gasteiger partial charge on any atom is -0.369 e. The number of H-pyrrole nitrogens is 1. The number of nitrogens with zero attached hydrogens (tertiary/aromatic N) is 5. The zero-order chi connectivity index (χ0) is 7.40. The Morgan fingerprint density at radius 3 is 2.90 bits per heavy atom. The largest absolute Gasteiger partial charge is 0.369 e. The fourth-order valence-corrected chi connectivity index (χ4v) is 0.378. The van der Waals surface area contributed by atoms with Gasteiger partial charge in [0.25, 0.3) is 5.95 Å². The highest BCUT2D eigenvalue weighted by Gasteiger charge is 1.89. The van der Waals surface area contributed by atoms with E-state index in [1.807, 2.05) is 14.1 Å². The van der Waals surface area contributed by atoms with E-state index in [2.05, 4.69) is 25.6 Å². The molecule has 0 radical (unpaired) electrons. The number of aromatic nitrogens is 4. The summed E-state index contributed by atoms with van der Waals surface area (Å²) in [6.07, 6.45) is 1.60. The fourth-order valence-electron chi connectivity index (χ4n) is 0.378. The molecular weight excluding hydrogens is 132 g/mol. The Kier molecular flexibility index (Phi) is 1.93. The third-order valence-corrected chi connectivity index (χ3v) is 0.738. The summed E-state index contributed by atoms with van der Waals surface area (Å²) in [5.74, 6) is 0.341. The Balaban J connectivity index is 2.55. The lowest BCUT2D eigenvalue weighted by molar-refractivity contribution is 0.642. The molecule has 6 heteroatoms. The maximum absolute atomic E-state index is 3.85. The average Bonchev–Trinajstić information content (AvgIpc) is 2.34. The first-order valence-electron chi connectivity index (χ1n) is 2.73. The van der Waals surface area contributed by atoms with Gasteiger partial charge in [-0.25, -0.2) is 0 Å². The number of nitrogens with one attached hydrogen (secondary N) is 1. The van der Waals surface area contributed by atoms with Crippen molar-refractivity contribution in [3.8, 4) is 0 Å². The van der Waals surface area contributed by atoms with Crippen LogP contribution in [0.3, 0.4) is 0 Å². The number of hydrogen-bond acceptors (Lipinski definition) is 4. The van der Waals surface area contributed by atoms with Crippen LogP contribution < -0.4 is 0 Å². The zero-order valence-electron chi connectivity index (χ0n) is 5.81. The summed E-state index contributed by atoms with van der Waals surface area (Å²) in [5, 5.41) is 12.9. The van der Waals surface area contributed by atoms with E-state index >= 15 is 0 Å². The quantitative estimate of drug-likeness (QED) is 0.440. The maximum Gasteiger partial charge on any atom is 0.290 e. The van der Waals surface area contributed by atoms with Crippen LogP contribution in [0.25, 0.3) is 0 Å². The van der Waals surface area contributed by atoms with Gasteiger partial charge in [-0.15, -0.1) is 5.10 Å². The normalized spacial score (nSPS) is 10.6. The number of aromatic amines is 1. The second-order valence-electron chi connectivity index (χ2n) is 1.92. The Morgan fingerprint density at radius 2 is 2.40 bits per heavy atom. The van der Waals surface area contributed by atoms with Crippen molar-refractivity contribution in [1.82, 2.24) is 25.5 Å². The van der Waals surface area contributed by atoms with Gasteiger partial charge >= 0.3 is 0 Å². The van der Waals surface area contributed by atoms with Gasteiger partial charge in [0.1, 0.15) is 0 Å². The SMILES string of the molecule is CN(C)/C=N\c1nn[nH]n1. The summed E-state index contributed by atoms with van der Waals surface area (Å²) in [7, 11) is 3.73. The fraction of sp³-hybridized carbons (Fsp3) is 0.500. The van der Waals surface area contributed by atoms with E-state index in [0.717, 1.165) is 0 Å². The summed E-state index contributed by atoms with van der Waals surface area (Å²) in [6, 6.07) is 0. The molecule has 0 aliphatic heterocycles. The summed E-state index contributed by atoms with van der Waals surface area (Å²) in [4.78, 5) is 5.64. The molecular formula is C4H8N6. The van der Waals surface area contributed by atoms with E-state index in [4.69, 9.17) is 0 Å². The van der Waals surface area contributed by atoms with Crippen molar-refractivity contribution in [2.75, 3.05) is 14.1 Å². The van der Waals surface area contributed by atoms with Crippen molar-refractivity contribution in [3.63, 3.8) is 0 Å². The highest BCUT2D eigenvalue weighted by Crippen LogP contribution is 1.93. The molecule has 0 atom stereocenters. The third kappa shape index (κ3) is 1.81. The van der Waals surface area contributed by atoms with Crippen LogP contribution in [0.2, 0.25) is 0 Å². The zero-order valence-corrected chi connectivity index (χ0v) is 5.81. The molecule has 0 amide bonds. The maximum atomic E-state index is 3.85. The lowest BCUT2D eigenvalue weighted by Crippen LogP contribution is -2.07. The number of hydrogen-bond donors (Lipinski definition) is 1. The molecule has 54 valence electrons. The first-order chi connectivity index (χ1) is 4.79. The molecule has 10 heavy (non-hydrogen) atoms. The highest BCUT2D eigenvalue weighted by molar-refractivity contribution is 5.57. The second-order valence-corrected chi connectivity index (χ2v) is 1.92. The lowest BCUT2D eigenvalue weighted by Gasteiger charge is -1.99. The van der Waals surface area contributed by atoms with E-state index in [-0.39, 0.29) is 0 Å². The Labute approximate surface area is 58.0 Å². The first-order valence-corrected chi connectivity index (χ1v) is 2.73. The van der Waals surface area contributed by atoms with Crippen molar-refractivity contribution < 1.29 is 0 Å². The van der Waals surface area contributed by atoms with E-state index in [1.165, 1.54) is 0 Å². The van der Waals surface area contributed by atoms with Crippen LogP contribution in [0.5, 0.6) is 0 Å². The number of aliphatic imine (C=N–C) groups is 1. The van der Waals surface area contributed by atoms with E-state index in [1.54, 1.807) is 11.2 Å².